The van der Waals surface area contributed by atoms with Gasteiger partial charge in [0.25, 0.3) is 0 Å². The molecule has 1 nitrogen and oxygen atoms in total. The topological polar surface area (TPSA) is 3.24 Å². The van der Waals surface area contributed by atoms with Crippen molar-refractivity contribution in [1.82, 2.24) is 4.90 Å². The zero-order valence-electron chi connectivity index (χ0n) is 15.6. The summed E-state index contributed by atoms with van der Waals surface area (Å²) in [4.78, 5) is 2.33. The van der Waals surface area contributed by atoms with Crippen molar-refractivity contribution in [3.63, 3.8) is 0 Å². The molecule has 0 aliphatic rings. The number of hydrogen-bond acceptors (Lipinski definition) is 1. The molecule has 0 saturated carbocycles. The molecule has 3 unspecified atom stereocenters. The number of allylic oxidation sites excluding steroid dienone is 1. The number of benzene rings is 3. The molecule has 26 heavy (non-hydrogen) atoms. The maximum atomic E-state index is 4.20. The Morgan fingerprint density at radius 1 is 0.654 bits per heavy atom. The fourth-order valence-corrected chi connectivity index (χ4v) is 3.90. The summed E-state index contributed by atoms with van der Waals surface area (Å²) in [6.07, 6.45) is 2.10. The molecule has 1 heteroatoms. The molecule has 0 fully saturated rings. The largest absolute Gasteiger partial charge is 0.302 e. The van der Waals surface area contributed by atoms with Crippen LogP contribution in [0, 0.1) is 0 Å². The Hall–Kier alpha value is -2.64. The maximum absolute atomic E-state index is 4.20. The van der Waals surface area contributed by atoms with Gasteiger partial charge in [0.2, 0.25) is 0 Å². The lowest BCUT2D eigenvalue weighted by molar-refractivity contribution is 0.246. The quantitative estimate of drug-likeness (QED) is 0.473. The highest BCUT2D eigenvalue weighted by Gasteiger charge is 2.32. The summed E-state index contributed by atoms with van der Waals surface area (Å²) in [5, 5.41) is 0. The normalized spacial score (nSPS) is 14.6. The van der Waals surface area contributed by atoms with E-state index < -0.39 is 0 Å². The summed E-state index contributed by atoms with van der Waals surface area (Å²) < 4.78 is 0. The Bertz CT molecular complexity index is 793. The Labute approximate surface area is 157 Å². The van der Waals surface area contributed by atoms with Crippen LogP contribution in [0.4, 0.5) is 0 Å². The molecule has 3 aromatic rings. The molecule has 0 heterocycles. The van der Waals surface area contributed by atoms with Gasteiger partial charge in [-0.05, 0) is 30.8 Å². The molecule has 0 radical (unpaired) electrons. The third kappa shape index (κ3) is 3.95. The maximum Gasteiger partial charge on any atom is 0.0419 e. The van der Waals surface area contributed by atoms with E-state index in [1.807, 2.05) is 0 Å². The lowest BCUT2D eigenvalue weighted by Crippen LogP contribution is -2.29. The third-order valence-electron chi connectivity index (χ3n) is 5.05. The van der Waals surface area contributed by atoms with E-state index in [2.05, 4.69) is 123 Å². The highest BCUT2D eigenvalue weighted by atomic mass is 15.1. The van der Waals surface area contributed by atoms with Crippen LogP contribution < -0.4 is 0 Å². The van der Waals surface area contributed by atoms with E-state index in [1.54, 1.807) is 0 Å². The van der Waals surface area contributed by atoms with Gasteiger partial charge in [0.1, 0.15) is 0 Å². The van der Waals surface area contributed by atoms with Gasteiger partial charge in [0.15, 0.2) is 0 Å². The molecule has 0 N–H and O–H groups in total. The summed E-state index contributed by atoms with van der Waals surface area (Å²) >= 11 is 0. The minimum absolute atomic E-state index is 0.228. The molecule has 0 aliphatic carbocycles. The highest BCUT2D eigenvalue weighted by molar-refractivity contribution is 5.36. The Kier molecular flexibility index (Phi) is 6.04. The minimum atomic E-state index is 0.228. The van der Waals surface area contributed by atoms with Gasteiger partial charge in [-0.15, -0.1) is 6.58 Å². The fourth-order valence-electron chi connectivity index (χ4n) is 3.90. The van der Waals surface area contributed by atoms with E-state index in [1.165, 1.54) is 16.7 Å². The second kappa shape index (κ2) is 8.64. The summed E-state index contributed by atoms with van der Waals surface area (Å²) in [5.41, 5.74) is 3.97. The minimum Gasteiger partial charge on any atom is -0.302 e. The van der Waals surface area contributed by atoms with Crippen LogP contribution in [0.2, 0.25) is 0 Å². The average molecular weight is 341 g/mol. The first kappa shape index (κ1) is 18.2. The Morgan fingerprint density at radius 3 is 1.50 bits per heavy atom. The number of likely N-dealkylation sites (N-methyl/N-ethyl adjacent to an activating group) is 1. The van der Waals surface area contributed by atoms with E-state index >= 15 is 0 Å². The zero-order chi connectivity index (χ0) is 18.4. The van der Waals surface area contributed by atoms with Crippen LogP contribution in [-0.4, -0.2) is 19.0 Å². The molecular weight excluding hydrogens is 314 g/mol. The average Bonchev–Trinajstić information content (AvgIpc) is 2.70. The molecule has 0 bridgehead atoms. The Morgan fingerprint density at radius 2 is 1.08 bits per heavy atom. The third-order valence-corrected chi connectivity index (χ3v) is 5.05. The predicted molar refractivity (Wildman–Crippen MR) is 111 cm³/mol. The highest BCUT2D eigenvalue weighted by Crippen LogP contribution is 2.44. The van der Waals surface area contributed by atoms with Crippen LogP contribution in [0.25, 0.3) is 0 Å². The van der Waals surface area contributed by atoms with Crippen LogP contribution in [0.1, 0.15) is 34.6 Å². The van der Waals surface area contributed by atoms with E-state index in [0.29, 0.717) is 0 Å². The summed E-state index contributed by atoms with van der Waals surface area (Å²) in [6.45, 7) is 4.20. The fraction of sp³-hybridized carbons (Fsp3) is 0.200. The molecule has 0 amide bonds. The van der Waals surface area contributed by atoms with E-state index in [0.717, 1.165) is 0 Å². The van der Waals surface area contributed by atoms with Crippen LogP contribution in [0.3, 0.4) is 0 Å². The van der Waals surface area contributed by atoms with Gasteiger partial charge in [-0.25, -0.2) is 0 Å². The van der Waals surface area contributed by atoms with Crippen LogP contribution in [0.15, 0.2) is 104 Å². The predicted octanol–water partition coefficient (Wildman–Crippen LogP) is 6.04. The molecule has 3 rings (SSSR count). The van der Waals surface area contributed by atoms with Crippen molar-refractivity contribution in [2.24, 2.45) is 0 Å². The van der Waals surface area contributed by atoms with Crippen molar-refractivity contribution in [1.29, 1.82) is 0 Å². The van der Waals surface area contributed by atoms with Gasteiger partial charge in [-0.3, -0.25) is 0 Å². The lowest BCUT2D eigenvalue weighted by Gasteiger charge is -2.37. The van der Waals surface area contributed by atoms with Gasteiger partial charge < -0.3 is 4.90 Å². The van der Waals surface area contributed by atoms with E-state index in [4.69, 9.17) is 0 Å². The molecule has 3 atom stereocenters. The Balaban J connectivity index is 2.15. The first-order valence-corrected chi connectivity index (χ1v) is 9.16. The van der Waals surface area contributed by atoms with Gasteiger partial charge in [0, 0.05) is 17.9 Å². The summed E-state index contributed by atoms with van der Waals surface area (Å²) in [7, 11) is 4.33. The second-order valence-electron chi connectivity index (χ2n) is 6.93. The van der Waals surface area contributed by atoms with Crippen LogP contribution in [0.5, 0.6) is 0 Å². The standard InChI is InChI=1S/C25H27N/c1-4-23(20-14-8-5-9-15-20)24(21-16-10-6-11-17-21)25(26(2)3)22-18-12-7-13-19-22/h4-19,23-25H,1H2,2-3H3. The first-order chi connectivity index (χ1) is 12.7. The molecule has 0 aromatic heterocycles. The van der Waals surface area contributed by atoms with Crippen molar-refractivity contribution in [2.75, 3.05) is 14.1 Å². The summed E-state index contributed by atoms with van der Waals surface area (Å²) in [5.74, 6) is 0.500. The van der Waals surface area contributed by atoms with E-state index in [-0.39, 0.29) is 17.9 Å². The van der Waals surface area contributed by atoms with Crippen molar-refractivity contribution in [2.45, 2.75) is 17.9 Å². The number of hydrogen-bond donors (Lipinski definition) is 0. The zero-order valence-corrected chi connectivity index (χ0v) is 15.6. The van der Waals surface area contributed by atoms with Crippen LogP contribution in [-0.2, 0) is 0 Å². The van der Waals surface area contributed by atoms with Crippen molar-refractivity contribution in [3.8, 4) is 0 Å². The smallest absolute Gasteiger partial charge is 0.0419 e. The summed E-state index contributed by atoms with van der Waals surface area (Å²) in [6, 6.07) is 32.6. The monoisotopic (exact) mass is 341 g/mol. The van der Waals surface area contributed by atoms with Gasteiger partial charge in [-0.1, -0.05) is 97.1 Å². The number of nitrogens with zero attached hydrogens (tertiary/aromatic N) is 1. The molecular formula is C25H27N. The lowest BCUT2D eigenvalue weighted by atomic mass is 9.74. The molecule has 132 valence electrons. The molecule has 0 saturated heterocycles. The molecule has 0 spiro atoms. The van der Waals surface area contributed by atoms with Gasteiger partial charge >= 0.3 is 0 Å². The second-order valence-corrected chi connectivity index (χ2v) is 6.93. The molecule has 3 aromatic carbocycles. The first-order valence-electron chi connectivity index (χ1n) is 9.16. The van der Waals surface area contributed by atoms with Crippen LogP contribution >= 0.6 is 0 Å². The number of rotatable bonds is 7. The SMILES string of the molecule is C=CC(c1ccccc1)C(c1ccccc1)C(c1ccccc1)N(C)C. The molecule has 0 aliphatic heterocycles. The van der Waals surface area contributed by atoms with Crippen molar-refractivity contribution >= 4 is 0 Å². The van der Waals surface area contributed by atoms with E-state index in [9.17, 15) is 0 Å². The van der Waals surface area contributed by atoms with Crippen molar-refractivity contribution in [3.05, 3.63) is 120 Å². The van der Waals surface area contributed by atoms with Gasteiger partial charge in [0.05, 0.1) is 0 Å². The van der Waals surface area contributed by atoms with Gasteiger partial charge in [-0.2, -0.15) is 0 Å². The van der Waals surface area contributed by atoms with Crippen molar-refractivity contribution < 1.29 is 0 Å².